The molecule has 0 amide bonds. The second-order valence-corrected chi connectivity index (χ2v) is 5.83. The van der Waals surface area contributed by atoms with Crippen molar-refractivity contribution in [2.75, 3.05) is 5.75 Å². The molecule has 17 heavy (non-hydrogen) atoms. The van der Waals surface area contributed by atoms with Gasteiger partial charge in [-0.05, 0) is 24.8 Å². The molecule has 0 spiro atoms. The summed E-state index contributed by atoms with van der Waals surface area (Å²) < 4.78 is 1.88. The van der Waals surface area contributed by atoms with Gasteiger partial charge >= 0.3 is 0 Å². The monoisotopic (exact) mass is 250 g/mol. The summed E-state index contributed by atoms with van der Waals surface area (Å²) in [6.45, 7) is 0.725. The SMILES string of the molecule is Cn1nccc1CN=C1NC2CCCC2CS1. The normalized spacial score (nSPS) is 30.3. The van der Waals surface area contributed by atoms with Crippen LogP contribution < -0.4 is 5.32 Å². The molecule has 92 valence electrons. The van der Waals surface area contributed by atoms with E-state index in [4.69, 9.17) is 0 Å². The molecule has 2 heterocycles. The highest BCUT2D eigenvalue weighted by Gasteiger charge is 2.31. The van der Waals surface area contributed by atoms with E-state index in [2.05, 4.69) is 15.4 Å². The zero-order chi connectivity index (χ0) is 11.7. The lowest BCUT2D eigenvalue weighted by molar-refractivity contribution is 0.489. The minimum Gasteiger partial charge on any atom is -0.362 e. The Morgan fingerprint density at radius 2 is 2.53 bits per heavy atom. The number of hydrogen-bond donors (Lipinski definition) is 1. The number of amidine groups is 1. The van der Waals surface area contributed by atoms with Gasteiger partial charge in [-0.25, -0.2) is 0 Å². The van der Waals surface area contributed by atoms with E-state index in [0.29, 0.717) is 6.04 Å². The number of thioether (sulfide) groups is 1. The standard InChI is InChI=1S/C12H18N4S/c1-16-10(5-6-14-16)7-13-12-15-11-4-2-3-9(11)8-17-12/h5-6,9,11H,2-4,7-8H2,1H3,(H,13,15). The molecule has 4 nitrogen and oxygen atoms in total. The molecule has 1 aliphatic heterocycles. The van der Waals surface area contributed by atoms with Gasteiger partial charge in [0.05, 0.1) is 12.2 Å². The van der Waals surface area contributed by atoms with Gasteiger partial charge in [-0.3, -0.25) is 9.67 Å². The number of fused-ring (bicyclic) bond motifs is 1. The summed E-state index contributed by atoms with van der Waals surface area (Å²) in [5.74, 6) is 2.11. The molecular weight excluding hydrogens is 232 g/mol. The van der Waals surface area contributed by atoms with Crippen LogP contribution in [0.1, 0.15) is 25.0 Å². The van der Waals surface area contributed by atoms with Crippen LogP contribution in [0.15, 0.2) is 17.3 Å². The number of rotatable bonds is 2. The Kier molecular flexibility index (Phi) is 3.09. The fourth-order valence-corrected chi connectivity index (χ4v) is 3.77. The third-order valence-corrected chi connectivity index (χ3v) is 4.82. The van der Waals surface area contributed by atoms with E-state index in [-0.39, 0.29) is 0 Å². The third-order valence-electron chi connectivity index (χ3n) is 3.71. The molecule has 1 saturated carbocycles. The Hall–Kier alpha value is -0.970. The van der Waals surface area contributed by atoms with Crippen LogP contribution in [0.4, 0.5) is 0 Å². The number of hydrogen-bond acceptors (Lipinski definition) is 3. The van der Waals surface area contributed by atoms with Gasteiger partial charge in [0, 0.05) is 25.0 Å². The second-order valence-electron chi connectivity index (χ2n) is 4.82. The number of aliphatic imine (C=N–C) groups is 1. The van der Waals surface area contributed by atoms with Crippen molar-refractivity contribution in [2.45, 2.75) is 31.8 Å². The Balaban J connectivity index is 1.63. The van der Waals surface area contributed by atoms with Crippen molar-refractivity contribution in [1.82, 2.24) is 15.1 Å². The van der Waals surface area contributed by atoms with Gasteiger partial charge in [0.25, 0.3) is 0 Å². The molecule has 2 aliphatic rings. The fourth-order valence-electron chi connectivity index (χ4n) is 2.61. The lowest BCUT2D eigenvalue weighted by atomic mass is 10.1. The van der Waals surface area contributed by atoms with Gasteiger partial charge in [-0.15, -0.1) is 0 Å². The lowest BCUT2D eigenvalue weighted by Gasteiger charge is -2.28. The van der Waals surface area contributed by atoms with Crippen LogP contribution in [0.5, 0.6) is 0 Å². The van der Waals surface area contributed by atoms with Gasteiger partial charge in [-0.2, -0.15) is 5.10 Å². The minimum absolute atomic E-state index is 0.682. The number of aromatic nitrogens is 2. The highest BCUT2D eigenvalue weighted by molar-refractivity contribution is 8.13. The maximum Gasteiger partial charge on any atom is 0.157 e. The predicted molar refractivity (Wildman–Crippen MR) is 71.1 cm³/mol. The van der Waals surface area contributed by atoms with Gasteiger partial charge in [0.15, 0.2) is 5.17 Å². The van der Waals surface area contributed by atoms with Gasteiger partial charge in [-0.1, -0.05) is 18.2 Å². The van der Waals surface area contributed by atoms with Crippen molar-refractivity contribution in [2.24, 2.45) is 18.0 Å². The van der Waals surface area contributed by atoms with Gasteiger partial charge in [0.1, 0.15) is 0 Å². The second kappa shape index (κ2) is 4.72. The van der Waals surface area contributed by atoms with E-state index >= 15 is 0 Å². The van der Waals surface area contributed by atoms with Crippen LogP contribution >= 0.6 is 11.8 Å². The Labute approximate surface area is 106 Å². The molecule has 2 unspecified atom stereocenters. The molecule has 0 radical (unpaired) electrons. The number of aryl methyl sites for hydroxylation is 1. The van der Waals surface area contributed by atoms with Crippen molar-refractivity contribution in [3.8, 4) is 0 Å². The van der Waals surface area contributed by atoms with E-state index in [9.17, 15) is 0 Å². The molecule has 3 rings (SSSR count). The highest BCUT2D eigenvalue weighted by Crippen LogP contribution is 2.32. The quantitative estimate of drug-likeness (QED) is 0.870. The minimum atomic E-state index is 0.682. The van der Waals surface area contributed by atoms with Crippen LogP contribution in [0.2, 0.25) is 0 Å². The van der Waals surface area contributed by atoms with Crippen molar-refractivity contribution >= 4 is 16.9 Å². The van der Waals surface area contributed by atoms with Crippen molar-refractivity contribution in [3.63, 3.8) is 0 Å². The first-order valence-corrected chi connectivity index (χ1v) is 7.22. The van der Waals surface area contributed by atoms with Gasteiger partial charge in [0.2, 0.25) is 0 Å². The molecule has 1 N–H and O–H groups in total. The summed E-state index contributed by atoms with van der Waals surface area (Å²) in [5, 5.41) is 8.85. The third kappa shape index (κ3) is 2.34. The van der Waals surface area contributed by atoms with Crippen molar-refractivity contribution < 1.29 is 0 Å². The fraction of sp³-hybridized carbons (Fsp3) is 0.667. The molecule has 0 bridgehead atoms. The van der Waals surface area contributed by atoms with E-state index in [0.717, 1.165) is 23.3 Å². The summed E-state index contributed by atoms with van der Waals surface area (Å²) in [7, 11) is 1.96. The molecule has 2 fully saturated rings. The lowest BCUT2D eigenvalue weighted by Crippen LogP contribution is -2.41. The molecule has 1 aliphatic carbocycles. The van der Waals surface area contributed by atoms with Crippen LogP contribution in [0.25, 0.3) is 0 Å². The van der Waals surface area contributed by atoms with Crippen LogP contribution in [-0.4, -0.2) is 26.7 Å². The number of nitrogens with one attached hydrogen (secondary N) is 1. The van der Waals surface area contributed by atoms with Gasteiger partial charge < -0.3 is 5.32 Å². The largest absolute Gasteiger partial charge is 0.362 e. The Bertz CT molecular complexity index is 426. The van der Waals surface area contributed by atoms with E-state index < -0.39 is 0 Å². The summed E-state index contributed by atoms with van der Waals surface area (Å²) in [6.07, 6.45) is 5.90. The zero-order valence-electron chi connectivity index (χ0n) is 10.1. The van der Waals surface area contributed by atoms with E-state index in [1.165, 1.54) is 25.0 Å². The Morgan fingerprint density at radius 1 is 1.59 bits per heavy atom. The summed E-state index contributed by atoms with van der Waals surface area (Å²) in [4.78, 5) is 4.65. The highest BCUT2D eigenvalue weighted by atomic mass is 32.2. The first-order valence-electron chi connectivity index (χ1n) is 6.23. The summed E-state index contributed by atoms with van der Waals surface area (Å²) in [6, 6.07) is 2.71. The van der Waals surface area contributed by atoms with Crippen LogP contribution in [-0.2, 0) is 13.6 Å². The number of nitrogens with zero attached hydrogens (tertiary/aromatic N) is 3. The predicted octanol–water partition coefficient (Wildman–Crippen LogP) is 1.78. The molecule has 1 aromatic rings. The van der Waals surface area contributed by atoms with Crippen LogP contribution in [0.3, 0.4) is 0 Å². The van der Waals surface area contributed by atoms with Crippen LogP contribution in [0, 0.1) is 5.92 Å². The van der Waals surface area contributed by atoms with Crippen molar-refractivity contribution in [3.05, 3.63) is 18.0 Å². The Morgan fingerprint density at radius 3 is 3.35 bits per heavy atom. The average molecular weight is 250 g/mol. The smallest absolute Gasteiger partial charge is 0.157 e. The molecule has 1 saturated heterocycles. The average Bonchev–Trinajstić information content (AvgIpc) is 2.94. The van der Waals surface area contributed by atoms with Crippen molar-refractivity contribution in [1.29, 1.82) is 0 Å². The topological polar surface area (TPSA) is 42.2 Å². The molecule has 2 atom stereocenters. The summed E-state index contributed by atoms with van der Waals surface area (Å²) in [5.41, 5.74) is 1.16. The maximum atomic E-state index is 4.65. The maximum absolute atomic E-state index is 4.65. The van der Waals surface area contributed by atoms with E-state index in [1.807, 2.05) is 35.8 Å². The molecule has 1 aromatic heterocycles. The molecule has 0 aromatic carbocycles. The van der Waals surface area contributed by atoms with E-state index in [1.54, 1.807) is 0 Å². The molecule has 5 heteroatoms. The first-order chi connectivity index (χ1) is 8.33. The molecular formula is C12H18N4S. The zero-order valence-corrected chi connectivity index (χ0v) is 10.9. The first kappa shape index (κ1) is 11.1. The summed E-state index contributed by atoms with van der Waals surface area (Å²) >= 11 is 1.88.